The Balaban J connectivity index is 1.37. The lowest BCUT2D eigenvalue weighted by Gasteiger charge is -2.13. The lowest BCUT2D eigenvalue weighted by molar-refractivity contribution is 0.494. The molecule has 1 aliphatic carbocycles. The van der Waals surface area contributed by atoms with Crippen LogP contribution in [-0.2, 0) is 7.05 Å². The Kier molecular flexibility index (Phi) is 3.77. The lowest BCUT2D eigenvalue weighted by atomic mass is 10.0. The molecule has 2 aliphatic rings. The van der Waals surface area contributed by atoms with Gasteiger partial charge in [-0.05, 0) is 68.3 Å². The summed E-state index contributed by atoms with van der Waals surface area (Å²) in [5.41, 5.74) is 3.02. The number of rotatable bonds is 4. The summed E-state index contributed by atoms with van der Waals surface area (Å²) in [6, 6.07) is 4.04. The largest absolute Gasteiger partial charge is 0.368 e. The topological polar surface area (TPSA) is 67.7 Å². The average molecular weight is 312 g/mol. The summed E-state index contributed by atoms with van der Waals surface area (Å²) in [4.78, 5) is 0. The van der Waals surface area contributed by atoms with Crippen LogP contribution in [0.3, 0.4) is 0 Å². The molecule has 1 aliphatic heterocycles. The highest BCUT2D eigenvalue weighted by molar-refractivity contribution is 5.59. The summed E-state index contributed by atoms with van der Waals surface area (Å²) in [6.07, 6.45) is 4.53. The first kappa shape index (κ1) is 14.6. The van der Waals surface area contributed by atoms with Crippen molar-refractivity contribution in [3.05, 3.63) is 23.9 Å². The molecule has 2 N–H and O–H groups in total. The van der Waals surface area contributed by atoms with Crippen LogP contribution in [0.15, 0.2) is 18.3 Å². The van der Waals surface area contributed by atoms with Gasteiger partial charge in [0.25, 0.3) is 0 Å². The van der Waals surface area contributed by atoms with Crippen LogP contribution < -0.4 is 10.6 Å². The lowest BCUT2D eigenvalue weighted by Crippen LogP contribution is -2.17. The first-order chi connectivity index (χ1) is 11.2. The summed E-state index contributed by atoms with van der Waals surface area (Å²) >= 11 is 0. The van der Waals surface area contributed by atoms with E-state index in [0.717, 1.165) is 47.1 Å². The summed E-state index contributed by atoms with van der Waals surface area (Å²) in [6.45, 7) is 5.47. The molecular formula is C17H24N6. The molecule has 0 aromatic carbocycles. The summed E-state index contributed by atoms with van der Waals surface area (Å²) < 4.78 is 1.85. The van der Waals surface area contributed by atoms with Crippen LogP contribution in [0.25, 0.3) is 11.4 Å². The van der Waals surface area contributed by atoms with Crippen LogP contribution >= 0.6 is 0 Å². The van der Waals surface area contributed by atoms with E-state index in [1.54, 1.807) is 0 Å². The van der Waals surface area contributed by atoms with E-state index in [2.05, 4.69) is 25.9 Å². The SMILES string of the molecule is Cc1cnn(C)c1-c1ccc(NCC2C[C@H]3CNC[C@H]3C2)nn1. The third-order valence-electron chi connectivity index (χ3n) is 5.35. The van der Waals surface area contributed by atoms with Crippen molar-refractivity contribution in [2.24, 2.45) is 24.8 Å². The normalized spacial score (nSPS) is 26.4. The fraction of sp³-hybridized carbons (Fsp3) is 0.588. The maximum atomic E-state index is 4.36. The number of nitrogens with zero attached hydrogens (tertiary/aromatic N) is 4. The molecule has 1 unspecified atom stereocenters. The number of aryl methyl sites for hydroxylation is 2. The van der Waals surface area contributed by atoms with Crippen molar-refractivity contribution >= 4 is 5.82 Å². The fourth-order valence-corrected chi connectivity index (χ4v) is 4.18. The van der Waals surface area contributed by atoms with Crippen molar-refractivity contribution in [2.45, 2.75) is 19.8 Å². The van der Waals surface area contributed by atoms with Gasteiger partial charge in [-0.2, -0.15) is 5.10 Å². The van der Waals surface area contributed by atoms with Gasteiger partial charge >= 0.3 is 0 Å². The number of fused-ring (bicyclic) bond motifs is 1. The Morgan fingerprint density at radius 1 is 1.22 bits per heavy atom. The van der Waals surface area contributed by atoms with Gasteiger partial charge in [-0.3, -0.25) is 4.68 Å². The second kappa shape index (κ2) is 5.92. The van der Waals surface area contributed by atoms with Crippen LogP contribution in [0.1, 0.15) is 18.4 Å². The van der Waals surface area contributed by atoms with Gasteiger partial charge in [0, 0.05) is 13.6 Å². The summed E-state index contributed by atoms with van der Waals surface area (Å²) in [5, 5.41) is 19.9. The van der Waals surface area contributed by atoms with Crippen molar-refractivity contribution in [1.29, 1.82) is 0 Å². The molecule has 2 aromatic heterocycles. The van der Waals surface area contributed by atoms with Gasteiger partial charge in [0.05, 0.1) is 11.9 Å². The van der Waals surface area contributed by atoms with E-state index in [0.29, 0.717) is 0 Å². The fourth-order valence-electron chi connectivity index (χ4n) is 4.18. The first-order valence-corrected chi connectivity index (χ1v) is 8.48. The molecule has 1 saturated heterocycles. The van der Waals surface area contributed by atoms with E-state index < -0.39 is 0 Å². The van der Waals surface area contributed by atoms with Crippen LogP contribution in [0.4, 0.5) is 5.82 Å². The highest BCUT2D eigenvalue weighted by atomic mass is 15.3. The zero-order valence-electron chi connectivity index (χ0n) is 13.8. The summed E-state index contributed by atoms with van der Waals surface area (Å²) in [5.74, 6) is 3.42. The monoisotopic (exact) mass is 312 g/mol. The number of aromatic nitrogens is 4. The molecule has 0 amide bonds. The molecule has 3 atom stereocenters. The molecule has 2 aromatic rings. The van der Waals surface area contributed by atoms with Crippen molar-refractivity contribution in [1.82, 2.24) is 25.3 Å². The van der Waals surface area contributed by atoms with E-state index in [-0.39, 0.29) is 0 Å². The predicted molar refractivity (Wildman–Crippen MR) is 90.0 cm³/mol. The number of hydrogen-bond acceptors (Lipinski definition) is 5. The molecule has 122 valence electrons. The molecule has 6 heteroatoms. The third kappa shape index (κ3) is 2.83. The van der Waals surface area contributed by atoms with Crippen molar-refractivity contribution in [3.8, 4) is 11.4 Å². The van der Waals surface area contributed by atoms with E-state index in [4.69, 9.17) is 0 Å². The molecule has 3 heterocycles. The van der Waals surface area contributed by atoms with Gasteiger partial charge < -0.3 is 10.6 Å². The molecule has 0 bridgehead atoms. The third-order valence-corrected chi connectivity index (χ3v) is 5.35. The number of hydrogen-bond donors (Lipinski definition) is 2. The van der Waals surface area contributed by atoms with E-state index in [1.165, 1.54) is 25.9 Å². The Morgan fingerprint density at radius 3 is 2.61 bits per heavy atom. The van der Waals surface area contributed by atoms with Gasteiger partial charge in [0.15, 0.2) is 0 Å². The summed E-state index contributed by atoms with van der Waals surface area (Å²) in [7, 11) is 1.93. The Bertz CT molecular complexity index is 645. The van der Waals surface area contributed by atoms with Gasteiger partial charge in [0.1, 0.15) is 11.5 Å². The van der Waals surface area contributed by atoms with Crippen LogP contribution in [0.2, 0.25) is 0 Å². The maximum absolute atomic E-state index is 4.36. The molecule has 4 rings (SSSR count). The zero-order chi connectivity index (χ0) is 15.8. The standard InChI is InChI=1S/C17H24N6/c1-11-7-20-23(2)17(11)15-3-4-16(22-21-15)19-8-12-5-13-9-18-10-14(13)6-12/h3-4,7,12-14,18H,5-6,8-10H2,1-2H3,(H,19,22)/t12?,13-,14+. The Labute approximate surface area is 136 Å². The minimum Gasteiger partial charge on any atom is -0.368 e. The quantitative estimate of drug-likeness (QED) is 0.902. The minimum absolute atomic E-state index is 0.771. The van der Waals surface area contributed by atoms with Crippen LogP contribution in [-0.4, -0.2) is 39.6 Å². The van der Waals surface area contributed by atoms with Gasteiger partial charge in [-0.1, -0.05) is 0 Å². The van der Waals surface area contributed by atoms with Crippen molar-refractivity contribution in [3.63, 3.8) is 0 Å². The van der Waals surface area contributed by atoms with Crippen LogP contribution in [0, 0.1) is 24.7 Å². The number of anilines is 1. The van der Waals surface area contributed by atoms with Crippen molar-refractivity contribution < 1.29 is 0 Å². The average Bonchev–Trinajstić information content (AvgIpc) is 3.21. The molecule has 1 saturated carbocycles. The predicted octanol–water partition coefficient (Wildman–Crippen LogP) is 1.84. The molecular weight excluding hydrogens is 288 g/mol. The Morgan fingerprint density at radius 2 is 2.00 bits per heavy atom. The van der Waals surface area contributed by atoms with E-state index in [1.807, 2.05) is 37.0 Å². The maximum Gasteiger partial charge on any atom is 0.148 e. The van der Waals surface area contributed by atoms with Crippen molar-refractivity contribution in [2.75, 3.05) is 25.0 Å². The molecule has 0 radical (unpaired) electrons. The van der Waals surface area contributed by atoms with Gasteiger partial charge in [0.2, 0.25) is 0 Å². The number of nitrogens with one attached hydrogen (secondary N) is 2. The molecule has 6 nitrogen and oxygen atoms in total. The Hall–Kier alpha value is -1.95. The van der Waals surface area contributed by atoms with E-state index >= 15 is 0 Å². The minimum atomic E-state index is 0.771. The van der Waals surface area contributed by atoms with E-state index in [9.17, 15) is 0 Å². The van der Waals surface area contributed by atoms with Crippen LogP contribution in [0.5, 0.6) is 0 Å². The zero-order valence-corrected chi connectivity index (χ0v) is 13.8. The smallest absolute Gasteiger partial charge is 0.148 e. The van der Waals surface area contributed by atoms with Gasteiger partial charge in [-0.15, -0.1) is 10.2 Å². The second-order valence-corrected chi connectivity index (χ2v) is 7.00. The molecule has 2 fully saturated rings. The molecule has 0 spiro atoms. The first-order valence-electron chi connectivity index (χ1n) is 8.48. The van der Waals surface area contributed by atoms with Gasteiger partial charge in [-0.25, -0.2) is 0 Å². The second-order valence-electron chi connectivity index (χ2n) is 7.00. The highest BCUT2D eigenvalue weighted by Crippen LogP contribution is 2.38. The molecule has 23 heavy (non-hydrogen) atoms. The highest BCUT2D eigenvalue weighted by Gasteiger charge is 2.36.